The first-order chi connectivity index (χ1) is 9.52. The molecule has 0 bridgehead atoms. The van der Waals surface area contributed by atoms with Crippen LogP contribution in [0.3, 0.4) is 0 Å². The van der Waals surface area contributed by atoms with E-state index in [1.54, 1.807) is 6.20 Å². The van der Waals surface area contributed by atoms with E-state index in [2.05, 4.69) is 20.9 Å². The standard InChI is InChI=1S/C11H13BrN4O3S/c12-11-9(5-8(6-13)19-11)20(17,18)16-4-3-15-2-1-14-10(15)7-16/h1-2,5H,3-4,6-7,13H2. The van der Waals surface area contributed by atoms with Crippen LogP contribution in [0.1, 0.15) is 11.6 Å². The first-order valence-electron chi connectivity index (χ1n) is 6.01. The summed E-state index contributed by atoms with van der Waals surface area (Å²) in [6.45, 7) is 1.40. The maximum atomic E-state index is 12.6. The topological polar surface area (TPSA) is 94.4 Å². The van der Waals surface area contributed by atoms with E-state index in [0.29, 0.717) is 18.8 Å². The van der Waals surface area contributed by atoms with Crippen molar-refractivity contribution in [3.63, 3.8) is 0 Å². The summed E-state index contributed by atoms with van der Waals surface area (Å²) in [6.07, 6.45) is 3.52. The van der Waals surface area contributed by atoms with E-state index >= 15 is 0 Å². The Bertz CT molecular complexity index is 737. The molecule has 0 saturated carbocycles. The number of furan rings is 1. The number of nitrogens with two attached hydrogens (primary N) is 1. The summed E-state index contributed by atoms with van der Waals surface area (Å²) in [5.74, 6) is 1.16. The highest BCUT2D eigenvalue weighted by Crippen LogP contribution is 2.30. The van der Waals surface area contributed by atoms with Crippen molar-refractivity contribution in [3.05, 3.63) is 34.7 Å². The fourth-order valence-electron chi connectivity index (χ4n) is 2.17. The summed E-state index contributed by atoms with van der Waals surface area (Å²) in [5.41, 5.74) is 5.47. The molecule has 0 aliphatic carbocycles. The molecule has 3 rings (SSSR count). The number of nitrogens with zero attached hydrogens (tertiary/aromatic N) is 3. The molecular weight excluding hydrogens is 348 g/mol. The molecule has 0 saturated heterocycles. The van der Waals surface area contributed by atoms with Gasteiger partial charge in [0.25, 0.3) is 0 Å². The summed E-state index contributed by atoms with van der Waals surface area (Å²) in [5, 5.41) is 0. The van der Waals surface area contributed by atoms with Crippen molar-refractivity contribution < 1.29 is 12.8 Å². The van der Waals surface area contributed by atoms with Crippen LogP contribution in [0.15, 0.2) is 32.4 Å². The summed E-state index contributed by atoms with van der Waals surface area (Å²) in [4.78, 5) is 4.27. The Morgan fingerprint density at radius 1 is 1.45 bits per heavy atom. The highest BCUT2D eigenvalue weighted by Gasteiger charge is 2.32. The average molecular weight is 361 g/mol. The monoisotopic (exact) mass is 360 g/mol. The minimum Gasteiger partial charge on any atom is -0.452 e. The number of fused-ring (bicyclic) bond motifs is 1. The van der Waals surface area contributed by atoms with Crippen LogP contribution < -0.4 is 5.73 Å². The van der Waals surface area contributed by atoms with Gasteiger partial charge in [-0.15, -0.1) is 0 Å². The number of hydrogen-bond donors (Lipinski definition) is 1. The van der Waals surface area contributed by atoms with Crippen molar-refractivity contribution >= 4 is 26.0 Å². The van der Waals surface area contributed by atoms with Gasteiger partial charge in [-0.1, -0.05) is 0 Å². The van der Waals surface area contributed by atoms with Crippen molar-refractivity contribution in [2.75, 3.05) is 6.54 Å². The van der Waals surface area contributed by atoms with E-state index in [9.17, 15) is 8.42 Å². The van der Waals surface area contributed by atoms with Gasteiger partial charge in [-0.3, -0.25) is 0 Å². The molecule has 0 fully saturated rings. The van der Waals surface area contributed by atoms with Crippen LogP contribution in [0, 0.1) is 0 Å². The van der Waals surface area contributed by atoms with E-state index in [1.165, 1.54) is 10.4 Å². The van der Waals surface area contributed by atoms with Crippen LogP contribution in [0.4, 0.5) is 0 Å². The largest absolute Gasteiger partial charge is 0.452 e. The maximum Gasteiger partial charge on any atom is 0.247 e. The number of sulfonamides is 1. The second-order valence-electron chi connectivity index (χ2n) is 4.43. The van der Waals surface area contributed by atoms with Gasteiger partial charge in [0.2, 0.25) is 10.0 Å². The fourth-order valence-corrected chi connectivity index (χ4v) is 4.52. The molecule has 1 aliphatic rings. The highest BCUT2D eigenvalue weighted by molar-refractivity contribution is 9.10. The molecule has 2 aromatic rings. The van der Waals surface area contributed by atoms with Gasteiger partial charge in [0.05, 0.1) is 13.1 Å². The third kappa shape index (κ3) is 2.20. The zero-order chi connectivity index (χ0) is 14.3. The van der Waals surface area contributed by atoms with E-state index in [-0.39, 0.29) is 22.7 Å². The van der Waals surface area contributed by atoms with E-state index in [0.717, 1.165) is 5.82 Å². The molecule has 0 amide bonds. The SMILES string of the molecule is NCc1cc(S(=O)(=O)N2CCn3ccnc3C2)c(Br)o1. The van der Waals surface area contributed by atoms with Crippen molar-refractivity contribution in [2.24, 2.45) is 5.73 Å². The zero-order valence-electron chi connectivity index (χ0n) is 10.5. The van der Waals surface area contributed by atoms with Crippen LogP contribution in [0.5, 0.6) is 0 Å². The Morgan fingerprint density at radius 2 is 2.25 bits per heavy atom. The normalized spacial score (nSPS) is 16.3. The molecule has 0 atom stereocenters. The quantitative estimate of drug-likeness (QED) is 0.877. The second-order valence-corrected chi connectivity index (χ2v) is 7.06. The minimum absolute atomic E-state index is 0.109. The van der Waals surface area contributed by atoms with Crippen LogP contribution in [0.25, 0.3) is 0 Å². The smallest absolute Gasteiger partial charge is 0.247 e. The first kappa shape index (κ1) is 13.8. The van der Waals surface area contributed by atoms with Gasteiger partial charge in [-0.25, -0.2) is 13.4 Å². The van der Waals surface area contributed by atoms with Crippen molar-refractivity contribution in [2.45, 2.75) is 24.5 Å². The molecule has 2 aromatic heterocycles. The average Bonchev–Trinajstić information content (AvgIpc) is 3.03. The Labute approximate surface area is 124 Å². The lowest BCUT2D eigenvalue weighted by Gasteiger charge is -2.26. The van der Waals surface area contributed by atoms with Gasteiger partial charge in [0.1, 0.15) is 16.5 Å². The lowest BCUT2D eigenvalue weighted by Crippen LogP contribution is -2.38. The van der Waals surface area contributed by atoms with Crippen molar-refractivity contribution in [3.8, 4) is 0 Å². The van der Waals surface area contributed by atoms with Crippen LogP contribution in [0.2, 0.25) is 0 Å². The predicted octanol–water partition coefficient (Wildman–Crippen LogP) is 0.902. The van der Waals surface area contributed by atoms with Crippen molar-refractivity contribution in [1.82, 2.24) is 13.9 Å². The third-order valence-electron chi connectivity index (χ3n) is 3.24. The van der Waals surface area contributed by atoms with Crippen LogP contribution >= 0.6 is 15.9 Å². The second kappa shape index (κ2) is 4.99. The minimum atomic E-state index is -3.62. The van der Waals surface area contributed by atoms with Crippen LogP contribution in [-0.4, -0.2) is 28.8 Å². The predicted molar refractivity (Wildman–Crippen MR) is 74.1 cm³/mol. The number of halogens is 1. The first-order valence-corrected chi connectivity index (χ1v) is 8.24. The van der Waals surface area contributed by atoms with Gasteiger partial charge < -0.3 is 14.7 Å². The number of aromatic nitrogens is 2. The molecule has 20 heavy (non-hydrogen) atoms. The molecule has 108 valence electrons. The zero-order valence-corrected chi connectivity index (χ0v) is 12.9. The highest BCUT2D eigenvalue weighted by atomic mass is 79.9. The molecule has 0 radical (unpaired) electrons. The fraction of sp³-hybridized carbons (Fsp3) is 0.364. The number of hydrogen-bond acceptors (Lipinski definition) is 5. The lowest BCUT2D eigenvalue weighted by atomic mass is 10.4. The lowest BCUT2D eigenvalue weighted by molar-refractivity contribution is 0.334. The van der Waals surface area contributed by atoms with E-state index in [1.807, 2.05) is 10.8 Å². The van der Waals surface area contributed by atoms with Crippen molar-refractivity contribution in [1.29, 1.82) is 0 Å². The van der Waals surface area contributed by atoms with E-state index < -0.39 is 10.0 Å². The summed E-state index contributed by atoms with van der Waals surface area (Å²) in [6, 6.07) is 1.46. The molecule has 1 aliphatic heterocycles. The Kier molecular flexibility index (Phi) is 3.44. The number of imidazole rings is 1. The Balaban J connectivity index is 1.95. The summed E-state index contributed by atoms with van der Waals surface area (Å²) >= 11 is 3.14. The molecule has 0 unspecified atom stereocenters. The molecule has 0 aromatic carbocycles. The summed E-state index contributed by atoms with van der Waals surface area (Å²) < 4.78 is 34.0. The maximum absolute atomic E-state index is 12.6. The Hall–Kier alpha value is -1.16. The molecule has 0 spiro atoms. The summed E-state index contributed by atoms with van der Waals surface area (Å²) in [7, 11) is -3.62. The molecular formula is C11H13BrN4O3S. The van der Waals surface area contributed by atoms with Gasteiger partial charge in [-0.2, -0.15) is 4.31 Å². The van der Waals surface area contributed by atoms with Gasteiger partial charge in [-0.05, 0) is 15.9 Å². The van der Waals surface area contributed by atoms with Gasteiger partial charge in [0.15, 0.2) is 4.67 Å². The third-order valence-corrected chi connectivity index (χ3v) is 5.94. The molecule has 3 heterocycles. The Morgan fingerprint density at radius 3 is 2.95 bits per heavy atom. The van der Waals surface area contributed by atoms with E-state index in [4.69, 9.17) is 10.2 Å². The van der Waals surface area contributed by atoms with Crippen LogP contribution in [-0.2, 0) is 29.7 Å². The molecule has 7 nitrogen and oxygen atoms in total. The molecule has 2 N–H and O–H groups in total. The van der Waals surface area contributed by atoms with Gasteiger partial charge in [0, 0.05) is 31.5 Å². The number of rotatable bonds is 3. The van der Waals surface area contributed by atoms with Gasteiger partial charge >= 0.3 is 0 Å². The molecule has 9 heteroatoms.